The molecule has 1 amide bonds. The molecule has 128 valence electrons. The highest BCUT2D eigenvalue weighted by Gasteiger charge is 2.26. The highest BCUT2D eigenvalue weighted by molar-refractivity contribution is 5.94. The van der Waals surface area contributed by atoms with Gasteiger partial charge in [0.2, 0.25) is 11.8 Å². The van der Waals surface area contributed by atoms with E-state index in [0.717, 1.165) is 0 Å². The Labute approximate surface area is 139 Å². The van der Waals surface area contributed by atoms with Gasteiger partial charge in [0.15, 0.2) is 0 Å². The molecule has 24 heavy (non-hydrogen) atoms. The van der Waals surface area contributed by atoms with Gasteiger partial charge in [0, 0.05) is 26.6 Å². The van der Waals surface area contributed by atoms with Crippen LogP contribution in [0.4, 0.5) is 0 Å². The van der Waals surface area contributed by atoms with Crippen LogP contribution in [0, 0.1) is 6.92 Å². The van der Waals surface area contributed by atoms with Gasteiger partial charge in [-0.1, -0.05) is 12.1 Å². The monoisotopic (exact) mass is 332 g/mol. The van der Waals surface area contributed by atoms with E-state index in [-0.39, 0.29) is 12.5 Å². The second-order valence-electron chi connectivity index (χ2n) is 5.69. The van der Waals surface area contributed by atoms with Crippen LogP contribution in [0.25, 0.3) is 0 Å². The number of nitrogens with zero attached hydrogens (tertiary/aromatic N) is 4. The average molecular weight is 332 g/mol. The Morgan fingerprint density at radius 1 is 1.17 bits per heavy atom. The molecule has 0 radical (unpaired) electrons. The van der Waals surface area contributed by atoms with Crippen molar-refractivity contribution >= 4 is 11.9 Å². The summed E-state index contributed by atoms with van der Waals surface area (Å²) >= 11 is 0. The number of likely N-dealkylation sites (N-methyl/N-ethyl adjacent to an activating group) is 1. The third kappa shape index (κ3) is 3.96. The van der Waals surface area contributed by atoms with Crippen LogP contribution in [0.15, 0.2) is 28.7 Å². The number of hydrogen-bond donors (Lipinski definition) is 1. The molecule has 1 heterocycles. The first-order chi connectivity index (χ1) is 11.3. The minimum Gasteiger partial charge on any atom is -0.480 e. The van der Waals surface area contributed by atoms with Crippen LogP contribution >= 0.6 is 0 Å². The normalized spacial score (nSPS) is 12.2. The lowest BCUT2D eigenvalue weighted by molar-refractivity contribution is -0.143. The maximum absolute atomic E-state index is 11.9. The van der Waals surface area contributed by atoms with Crippen LogP contribution in [-0.2, 0) is 11.3 Å². The third-order valence-corrected chi connectivity index (χ3v) is 3.51. The van der Waals surface area contributed by atoms with Gasteiger partial charge in [-0.3, -0.25) is 14.5 Å². The summed E-state index contributed by atoms with van der Waals surface area (Å²) in [6, 6.07) is 5.65. The first-order valence-electron chi connectivity index (χ1n) is 7.33. The van der Waals surface area contributed by atoms with Crippen molar-refractivity contribution < 1.29 is 19.1 Å². The molecule has 0 spiro atoms. The summed E-state index contributed by atoms with van der Waals surface area (Å²) in [6.45, 7) is 1.88. The SMILES string of the molecule is Cc1nnc(CN(C)[C@H](C(=O)O)c2ccc(C(=O)N(C)C)cc2)o1. The summed E-state index contributed by atoms with van der Waals surface area (Å²) in [6.07, 6.45) is 0. The average Bonchev–Trinajstić information content (AvgIpc) is 2.92. The van der Waals surface area contributed by atoms with E-state index in [9.17, 15) is 14.7 Å². The molecule has 1 aromatic carbocycles. The fourth-order valence-electron chi connectivity index (χ4n) is 2.36. The zero-order chi connectivity index (χ0) is 17.9. The van der Waals surface area contributed by atoms with Crippen molar-refractivity contribution in [1.82, 2.24) is 20.0 Å². The first kappa shape index (κ1) is 17.6. The zero-order valence-corrected chi connectivity index (χ0v) is 14.1. The van der Waals surface area contributed by atoms with Gasteiger partial charge >= 0.3 is 5.97 Å². The fraction of sp³-hybridized carbons (Fsp3) is 0.375. The Hall–Kier alpha value is -2.74. The molecule has 0 bridgehead atoms. The van der Waals surface area contributed by atoms with Crippen LogP contribution in [0.5, 0.6) is 0 Å². The maximum Gasteiger partial charge on any atom is 0.325 e. The van der Waals surface area contributed by atoms with Gasteiger partial charge in [0.1, 0.15) is 6.04 Å². The highest BCUT2D eigenvalue weighted by Crippen LogP contribution is 2.22. The molecule has 8 nitrogen and oxygen atoms in total. The molecular formula is C16H20N4O4. The Morgan fingerprint density at radius 3 is 2.25 bits per heavy atom. The smallest absolute Gasteiger partial charge is 0.325 e. The van der Waals surface area contributed by atoms with Gasteiger partial charge in [0.05, 0.1) is 6.54 Å². The van der Waals surface area contributed by atoms with Crippen LogP contribution in [0.1, 0.15) is 33.7 Å². The number of rotatable bonds is 6. The lowest BCUT2D eigenvalue weighted by atomic mass is 10.0. The summed E-state index contributed by atoms with van der Waals surface area (Å²) in [5.74, 6) is -0.360. The number of aryl methyl sites for hydroxylation is 1. The summed E-state index contributed by atoms with van der Waals surface area (Å²) < 4.78 is 5.29. The van der Waals surface area contributed by atoms with E-state index in [2.05, 4.69) is 10.2 Å². The molecular weight excluding hydrogens is 312 g/mol. The van der Waals surface area contributed by atoms with Gasteiger partial charge in [-0.2, -0.15) is 0 Å². The molecule has 8 heteroatoms. The van der Waals surface area contributed by atoms with E-state index in [1.54, 1.807) is 57.2 Å². The summed E-state index contributed by atoms with van der Waals surface area (Å²) in [7, 11) is 4.99. The number of hydrogen-bond acceptors (Lipinski definition) is 6. The van der Waals surface area contributed by atoms with E-state index >= 15 is 0 Å². The third-order valence-electron chi connectivity index (χ3n) is 3.51. The van der Waals surface area contributed by atoms with E-state index in [4.69, 9.17) is 4.42 Å². The van der Waals surface area contributed by atoms with Crippen LogP contribution < -0.4 is 0 Å². The number of aliphatic carboxylic acids is 1. The zero-order valence-electron chi connectivity index (χ0n) is 14.1. The van der Waals surface area contributed by atoms with Crippen LogP contribution in [-0.4, -0.2) is 58.1 Å². The Bertz CT molecular complexity index is 724. The molecule has 0 saturated heterocycles. The number of carbonyl (C=O) groups is 2. The predicted octanol–water partition coefficient (Wildman–Crippen LogP) is 1.34. The summed E-state index contributed by atoms with van der Waals surface area (Å²) in [5, 5.41) is 17.2. The standard InChI is InChI=1S/C16H20N4O4/c1-10-17-18-13(24-10)9-20(4)14(16(22)23)11-5-7-12(8-6-11)15(21)19(2)3/h5-8,14H,9H2,1-4H3,(H,22,23)/t14-/m0/s1. The largest absolute Gasteiger partial charge is 0.480 e. The lowest BCUT2D eigenvalue weighted by Crippen LogP contribution is -2.30. The van der Waals surface area contributed by atoms with Crippen molar-refractivity contribution in [3.8, 4) is 0 Å². The molecule has 0 aliphatic carbocycles. The van der Waals surface area contributed by atoms with Crippen LogP contribution in [0.2, 0.25) is 0 Å². The van der Waals surface area contributed by atoms with Gasteiger partial charge in [-0.15, -0.1) is 10.2 Å². The Morgan fingerprint density at radius 2 is 1.79 bits per heavy atom. The van der Waals surface area contributed by atoms with Crippen molar-refractivity contribution in [3.05, 3.63) is 47.2 Å². The van der Waals surface area contributed by atoms with Crippen molar-refractivity contribution in [2.75, 3.05) is 21.1 Å². The fourth-order valence-corrected chi connectivity index (χ4v) is 2.36. The molecule has 0 saturated carbocycles. The predicted molar refractivity (Wildman–Crippen MR) is 85.3 cm³/mol. The highest BCUT2D eigenvalue weighted by atomic mass is 16.4. The van der Waals surface area contributed by atoms with Gasteiger partial charge in [-0.25, -0.2) is 0 Å². The second-order valence-corrected chi connectivity index (χ2v) is 5.69. The second kappa shape index (κ2) is 7.22. The van der Waals surface area contributed by atoms with E-state index < -0.39 is 12.0 Å². The number of benzene rings is 1. The van der Waals surface area contributed by atoms with Gasteiger partial charge in [0.25, 0.3) is 5.91 Å². The minimum atomic E-state index is -1.000. The van der Waals surface area contributed by atoms with E-state index in [1.165, 1.54) is 4.90 Å². The number of aromatic nitrogens is 2. The lowest BCUT2D eigenvalue weighted by Gasteiger charge is -2.23. The number of carboxylic acids is 1. The van der Waals surface area contributed by atoms with Gasteiger partial charge in [-0.05, 0) is 24.7 Å². The van der Waals surface area contributed by atoms with Crippen molar-refractivity contribution in [2.24, 2.45) is 0 Å². The number of carboxylic acid groups (broad SMARTS) is 1. The Kier molecular flexibility index (Phi) is 5.30. The van der Waals surface area contributed by atoms with Crippen molar-refractivity contribution in [3.63, 3.8) is 0 Å². The number of carbonyl (C=O) groups excluding carboxylic acids is 1. The molecule has 2 aromatic rings. The number of amides is 1. The maximum atomic E-state index is 11.9. The molecule has 1 N–H and O–H groups in total. The molecule has 0 fully saturated rings. The van der Waals surface area contributed by atoms with Crippen molar-refractivity contribution in [2.45, 2.75) is 19.5 Å². The van der Waals surface area contributed by atoms with E-state index in [1.807, 2.05) is 0 Å². The molecule has 1 atom stereocenters. The first-order valence-corrected chi connectivity index (χ1v) is 7.33. The Balaban J connectivity index is 2.20. The summed E-state index contributed by atoms with van der Waals surface area (Å²) in [4.78, 5) is 26.7. The topological polar surface area (TPSA) is 99.8 Å². The summed E-state index contributed by atoms with van der Waals surface area (Å²) in [5.41, 5.74) is 1.07. The molecule has 0 unspecified atom stereocenters. The van der Waals surface area contributed by atoms with Crippen LogP contribution in [0.3, 0.4) is 0 Å². The van der Waals surface area contributed by atoms with Gasteiger partial charge < -0.3 is 14.4 Å². The molecule has 0 aliphatic rings. The molecule has 1 aromatic heterocycles. The quantitative estimate of drug-likeness (QED) is 0.852. The van der Waals surface area contributed by atoms with E-state index in [0.29, 0.717) is 22.9 Å². The minimum absolute atomic E-state index is 0.136. The molecule has 0 aliphatic heterocycles. The molecule has 2 rings (SSSR count). The van der Waals surface area contributed by atoms with Crippen molar-refractivity contribution in [1.29, 1.82) is 0 Å².